The molecule has 5 heteroatoms. The summed E-state index contributed by atoms with van der Waals surface area (Å²) in [5.41, 5.74) is 2.11. The van der Waals surface area contributed by atoms with Gasteiger partial charge in [0.05, 0.1) is 11.1 Å². The van der Waals surface area contributed by atoms with Crippen molar-refractivity contribution in [1.29, 1.82) is 0 Å². The molecule has 1 heterocycles. The molecule has 0 spiro atoms. The van der Waals surface area contributed by atoms with Crippen molar-refractivity contribution in [3.63, 3.8) is 0 Å². The summed E-state index contributed by atoms with van der Waals surface area (Å²) in [5, 5.41) is 0. The van der Waals surface area contributed by atoms with E-state index in [1.54, 1.807) is 17.0 Å². The molecular weight excluding hydrogens is 304 g/mol. The molecule has 5 nitrogen and oxygen atoms in total. The maximum Gasteiger partial charge on any atom is 0.261 e. The molecule has 3 rings (SSSR count). The number of nitrogens with zero attached hydrogens (tertiary/aromatic N) is 2. The third kappa shape index (κ3) is 2.69. The van der Waals surface area contributed by atoms with Crippen LogP contribution in [-0.4, -0.2) is 41.1 Å². The minimum atomic E-state index is -0.365. The number of imide groups is 1. The van der Waals surface area contributed by atoms with Crippen molar-refractivity contribution in [2.45, 2.75) is 13.5 Å². The van der Waals surface area contributed by atoms with Gasteiger partial charge in [0.2, 0.25) is 0 Å². The van der Waals surface area contributed by atoms with Gasteiger partial charge in [0.15, 0.2) is 0 Å². The molecule has 0 aromatic heterocycles. The molecule has 0 radical (unpaired) electrons. The van der Waals surface area contributed by atoms with E-state index in [1.165, 1.54) is 13.1 Å². The monoisotopic (exact) mass is 322 g/mol. The molecule has 122 valence electrons. The van der Waals surface area contributed by atoms with E-state index in [1.807, 2.05) is 37.3 Å². The Kier molecular flexibility index (Phi) is 4.16. The van der Waals surface area contributed by atoms with Crippen LogP contribution in [0.3, 0.4) is 0 Å². The van der Waals surface area contributed by atoms with E-state index in [2.05, 4.69) is 0 Å². The third-order valence-corrected chi connectivity index (χ3v) is 4.22. The van der Waals surface area contributed by atoms with Gasteiger partial charge in [-0.25, -0.2) is 0 Å². The van der Waals surface area contributed by atoms with Crippen LogP contribution in [0.2, 0.25) is 0 Å². The van der Waals surface area contributed by atoms with Crippen LogP contribution in [0.25, 0.3) is 0 Å². The zero-order valence-electron chi connectivity index (χ0n) is 13.7. The van der Waals surface area contributed by atoms with Crippen LogP contribution in [0, 0.1) is 0 Å². The molecule has 3 amide bonds. The maximum absolute atomic E-state index is 12.8. The van der Waals surface area contributed by atoms with Crippen LogP contribution < -0.4 is 0 Å². The number of rotatable bonds is 4. The fraction of sp³-hybridized carbons (Fsp3) is 0.211. The van der Waals surface area contributed by atoms with E-state index in [4.69, 9.17) is 0 Å². The van der Waals surface area contributed by atoms with Gasteiger partial charge in [0.1, 0.15) is 0 Å². The first kappa shape index (κ1) is 15.9. The van der Waals surface area contributed by atoms with Crippen molar-refractivity contribution in [3.8, 4) is 0 Å². The van der Waals surface area contributed by atoms with Crippen LogP contribution in [0.5, 0.6) is 0 Å². The maximum atomic E-state index is 12.8. The Morgan fingerprint density at radius 2 is 1.67 bits per heavy atom. The zero-order chi connectivity index (χ0) is 17.3. The molecule has 0 bridgehead atoms. The van der Waals surface area contributed by atoms with E-state index >= 15 is 0 Å². The number of amides is 3. The summed E-state index contributed by atoms with van der Waals surface area (Å²) in [7, 11) is 1.44. The SMILES string of the molecule is CCN(Cc1ccccc1)C(=O)c1ccc2c(c1)C(=O)N(C)C2=O. The Bertz CT molecular complexity index is 815. The first-order valence-electron chi connectivity index (χ1n) is 7.82. The van der Waals surface area contributed by atoms with Crippen LogP contribution in [-0.2, 0) is 6.54 Å². The molecule has 0 N–H and O–H groups in total. The number of hydrogen-bond donors (Lipinski definition) is 0. The first-order chi connectivity index (χ1) is 11.5. The fourth-order valence-corrected chi connectivity index (χ4v) is 2.81. The Balaban J connectivity index is 1.87. The number of benzene rings is 2. The van der Waals surface area contributed by atoms with Crippen LogP contribution >= 0.6 is 0 Å². The molecular formula is C19H18N2O3. The zero-order valence-corrected chi connectivity index (χ0v) is 13.7. The molecule has 0 atom stereocenters. The summed E-state index contributed by atoms with van der Waals surface area (Å²) in [6.07, 6.45) is 0. The van der Waals surface area contributed by atoms with E-state index in [9.17, 15) is 14.4 Å². The van der Waals surface area contributed by atoms with Gasteiger partial charge in [-0.05, 0) is 30.7 Å². The summed E-state index contributed by atoms with van der Waals surface area (Å²) in [4.78, 5) is 39.6. The Labute approximate surface area is 140 Å². The van der Waals surface area contributed by atoms with E-state index in [0.717, 1.165) is 10.5 Å². The number of carbonyl (C=O) groups is 3. The highest BCUT2D eigenvalue weighted by Crippen LogP contribution is 2.23. The van der Waals surface area contributed by atoms with Crippen LogP contribution in [0.4, 0.5) is 0 Å². The largest absolute Gasteiger partial charge is 0.335 e. The van der Waals surface area contributed by atoms with Crippen molar-refractivity contribution in [2.75, 3.05) is 13.6 Å². The molecule has 24 heavy (non-hydrogen) atoms. The molecule has 1 aliphatic rings. The third-order valence-electron chi connectivity index (χ3n) is 4.22. The predicted molar refractivity (Wildman–Crippen MR) is 89.7 cm³/mol. The van der Waals surface area contributed by atoms with Gasteiger partial charge in [-0.1, -0.05) is 30.3 Å². The number of fused-ring (bicyclic) bond motifs is 1. The highest BCUT2D eigenvalue weighted by molar-refractivity contribution is 6.21. The van der Waals surface area contributed by atoms with Gasteiger partial charge in [0, 0.05) is 25.7 Å². The molecule has 1 aliphatic heterocycles. The van der Waals surface area contributed by atoms with Crippen molar-refractivity contribution < 1.29 is 14.4 Å². The number of carbonyl (C=O) groups excluding carboxylic acids is 3. The minimum absolute atomic E-state index is 0.154. The lowest BCUT2D eigenvalue weighted by molar-refractivity contribution is 0.0692. The van der Waals surface area contributed by atoms with Crippen LogP contribution in [0.1, 0.15) is 43.6 Å². The van der Waals surface area contributed by atoms with E-state index in [-0.39, 0.29) is 17.7 Å². The van der Waals surface area contributed by atoms with Gasteiger partial charge < -0.3 is 4.90 Å². The molecule has 0 saturated carbocycles. The quantitative estimate of drug-likeness (QED) is 0.813. The molecule has 2 aromatic carbocycles. The normalized spacial score (nSPS) is 13.2. The Hall–Kier alpha value is -2.95. The second kappa shape index (κ2) is 6.28. The summed E-state index contributed by atoms with van der Waals surface area (Å²) in [5.74, 6) is -0.847. The van der Waals surface area contributed by atoms with Crippen molar-refractivity contribution >= 4 is 17.7 Å². The summed E-state index contributed by atoms with van der Waals surface area (Å²) in [6.45, 7) is 2.97. The highest BCUT2D eigenvalue weighted by atomic mass is 16.2. The molecule has 2 aromatic rings. The average Bonchev–Trinajstić information content (AvgIpc) is 2.84. The molecule has 0 aliphatic carbocycles. The standard InChI is InChI=1S/C19H18N2O3/c1-3-21(12-13-7-5-4-6-8-13)17(22)14-9-10-15-16(11-14)19(24)20(2)18(15)23/h4-11H,3,12H2,1-2H3. The lowest BCUT2D eigenvalue weighted by Gasteiger charge is -2.21. The van der Waals surface area contributed by atoms with Gasteiger partial charge >= 0.3 is 0 Å². The molecule has 0 unspecified atom stereocenters. The predicted octanol–water partition coefficient (Wildman–Crippen LogP) is 2.57. The summed E-state index contributed by atoms with van der Waals surface area (Å²) >= 11 is 0. The number of hydrogen-bond acceptors (Lipinski definition) is 3. The smallest absolute Gasteiger partial charge is 0.261 e. The van der Waals surface area contributed by atoms with Crippen molar-refractivity contribution in [2.24, 2.45) is 0 Å². The van der Waals surface area contributed by atoms with E-state index < -0.39 is 0 Å². The van der Waals surface area contributed by atoms with Gasteiger partial charge in [0.25, 0.3) is 17.7 Å². The highest BCUT2D eigenvalue weighted by Gasteiger charge is 2.33. The fourth-order valence-electron chi connectivity index (χ4n) is 2.81. The Morgan fingerprint density at radius 1 is 1.00 bits per heavy atom. The van der Waals surface area contributed by atoms with E-state index in [0.29, 0.717) is 29.8 Å². The van der Waals surface area contributed by atoms with Gasteiger partial charge in [-0.2, -0.15) is 0 Å². The Morgan fingerprint density at radius 3 is 2.33 bits per heavy atom. The van der Waals surface area contributed by atoms with Gasteiger partial charge in [-0.15, -0.1) is 0 Å². The van der Waals surface area contributed by atoms with Crippen molar-refractivity contribution in [3.05, 3.63) is 70.8 Å². The van der Waals surface area contributed by atoms with Gasteiger partial charge in [-0.3, -0.25) is 19.3 Å². The molecule has 0 saturated heterocycles. The van der Waals surface area contributed by atoms with Crippen molar-refractivity contribution in [1.82, 2.24) is 9.80 Å². The topological polar surface area (TPSA) is 57.7 Å². The molecule has 0 fully saturated rings. The average molecular weight is 322 g/mol. The second-order valence-corrected chi connectivity index (χ2v) is 5.73. The minimum Gasteiger partial charge on any atom is -0.335 e. The lowest BCUT2D eigenvalue weighted by atomic mass is 10.0. The summed E-state index contributed by atoms with van der Waals surface area (Å²) in [6, 6.07) is 14.4. The lowest BCUT2D eigenvalue weighted by Crippen LogP contribution is -2.30. The first-order valence-corrected chi connectivity index (χ1v) is 7.82. The second-order valence-electron chi connectivity index (χ2n) is 5.73. The summed E-state index contributed by atoms with van der Waals surface area (Å²) < 4.78 is 0. The van der Waals surface area contributed by atoms with Crippen LogP contribution in [0.15, 0.2) is 48.5 Å².